The van der Waals surface area contributed by atoms with Gasteiger partial charge in [-0.3, -0.25) is 0 Å². The zero-order valence-electron chi connectivity index (χ0n) is 10.7. The fraction of sp³-hybridized carbons (Fsp3) is 0.125. The molecule has 0 bridgehead atoms. The number of ether oxygens (including phenoxy) is 1. The summed E-state index contributed by atoms with van der Waals surface area (Å²) in [6.07, 6.45) is 0. The molecule has 0 amide bonds. The summed E-state index contributed by atoms with van der Waals surface area (Å²) in [5, 5.41) is 1.00. The molecule has 19 heavy (non-hydrogen) atoms. The van der Waals surface area contributed by atoms with Gasteiger partial charge in [-0.25, -0.2) is 0 Å². The van der Waals surface area contributed by atoms with Crippen LogP contribution in [0.5, 0.6) is 5.75 Å². The lowest BCUT2D eigenvalue weighted by Crippen LogP contribution is -1.93. The number of nitrogen functional groups attached to an aromatic ring is 1. The van der Waals surface area contributed by atoms with Crippen molar-refractivity contribution in [3.05, 3.63) is 59.9 Å². The Labute approximate surface area is 111 Å². The van der Waals surface area contributed by atoms with E-state index in [9.17, 15) is 0 Å². The average molecular weight is 253 g/mol. The Hall–Kier alpha value is -2.42. The molecule has 0 radical (unpaired) electrons. The third-order valence-corrected chi connectivity index (χ3v) is 2.96. The van der Waals surface area contributed by atoms with E-state index in [1.165, 1.54) is 5.56 Å². The molecule has 0 aliphatic carbocycles. The molecule has 0 saturated heterocycles. The number of aryl methyl sites for hydroxylation is 1. The maximum atomic E-state index is 5.74. The summed E-state index contributed by atoms with van der Waals surface area (Å²) in [7, 11) is 0. The van der Waals surface area contributed by atoms with Crippen LogP contribution in [-0.4, -0.2) is 0 Å². The van der Waals surface area contributed by atoms with Gasteiger partial charge in [0.05, 0.1) is 0 Å². The second-order valence-electron chi connectivity index (χ2n) is 4.62. The highest BCUT2D eigenvalue weighted by atomic mass is 16.5. The third kappa shape index (κ3) is 2.55. The van der Waals surface area contributed by atoms with Gasteiger partial charge in [-0.05, 0) is 48.9 Å². The molecule has 0 aliphatic rings. The fourth-order valence-electron chi connectivity index (χ4n) is 2.05. The van der Waals surface area contributed by atoms with Crippen LogP contribution in [-0.2, 0) is 6.61 Å². The number of furan rings is 1. The summed E-state index contributed by atoms with van der Waals surface area (Å²) in [4.78, 5) is 0. The molecular formula is C16H15NO2. The smallest absolute Gasteiger partial charge is 0.146 e. The van der Waals surface area contributed by atoms with Crippen LogP contribution >= 0.6 is 0 Å². The van der Waals surface area contributed by atoms with Crippen molar-refractivity contribution < 1.29 is 9.15 Å². The number of anilines is 1. The van der Waals surface area contributed by atoms with Gasteiger partial charge in [-0.15, -0.1) is 0 Å². The van der Waals surface area contributed by atoms with Crippen molar-refractivity contribution in [1.82, 2.24) is 0 Å². The van der Waals surface area contributed by atoms with Gasteiger partial charge in [-0.1, -0.05) is 12.1 Å². The van der Waals surface area contributed by atoms with Crippen LogP contribution in [0.2, 0.25) is 0 Å². The first kappa shape index (κ1) is 11.7. The van der Waals surface area contributed by atoms with E-state index in [4.69, 9.17) is 14.9 Å². The summed E-state index contributed by atoms with van der Waals surface area (Å²) < 4.78 is 11.4. The van der Waals surface area contributed by atoms with Crippen molar-refractivity contribution in [2.24, 2.45) is 0 Å². The van der Waals surface area contributed by atoms with Crippen molar-refractivity contribution in [1.29, 1.82) is 0 Å². The molecule has 3 aromatic rings. The number of fused-ring (bicyclic) bond motifs is 1. The van der Waals surface area contributed by atoms with E-state index in [2.05, 4.69) is 0 Å². The van der Waals surface area contributed by atoms with Gasteiger partial charge in [0.25, 0.3) is 0 Å². The maximum absolute atomic E-state index is 5.74. The zero-order chi connectivity index (χ0) is 13.2. The highest BCUT2D eigenvalue weighted by Gasteiger charge is 2.05. The van der Waals surface area contributed by atoms with E-state index in [-0.39, 0.29) is 0 Å². The van der Waals surface area contributed by atoms with E-state index in [1.54, 1.807) is 0 Å². The molecule has 0 atom stereocenters. The molecule has 0 fully saturated rings. The highest BCUT2D eigenvalue weighted by molar-refractivity contribution is 5.81. The Morgan fingerprint density at radius 1 is 1.11 bits per heavy atom. The normalized spacial score (nSPS) is 10.8. The fourth-order valence-corrected chi connectivity index (χ4v) is 2.05. The van der Waals surface area contributed by atoms with Gasteiger partial charge in [0.2, 0.25) is 0 Å². The Kier molecular flexibility index (Phi) is 2.88. The molecule has 96 valence electrons. The monoisotopic (exact) mass is 253 g/mol. The number of nitrogens with two attached hydrogens (primary N) is 1. The third-order valence-electron chi connectivity index (χ3n) is 2.96. The molecule has 1 heterocycles. The van der Waals surface area contributed by atoms with Gasteiger partial charge in [0, 0.05) is 11.1 Å². The number of benzene rings is 2. The quantitative estimate of drug-likeness (QED) is 0.720. The number of rotatable bonds is 3. The van der Waals surface area contributed by atoms with E-state index < -0.39 is 0 Å². The van der Waals surface area contributed by atoms with Crippen LogP contribution in [0.1, 0.15) is 11.3 Å². The minimum absolute atomic E-state index is 0.415. The first-order valence-electron chi connectivity index (χ1n) is 6.18. The Morgan fingerprint density at radius 2 is 2.00 bits per heavy atom. The lowest BCUT2D eigenvalue weighted by Gasteiger charge is -2.04. The van der Waals surface area contributed by atoms with E-state index in [0.29, 0.717) is 6.61 Å². The van der Waals surface area contributed by atoms with Crippen molar-refractivity contribution in [3.63, 3.8) is 0 Å². The number of hydrogen-bond acceptors (Lipinski definition) is 3. The predicted octanol–water partition coefficient (Wildman–Crippen LogP) is 3.90. The molecule has 0 saturated carbocycles. The molecule has 0 unspecified atom stereocenters. The van der Waals surface area contributed by atoms with Crippen LogP contribution in [0.25, 0.3) is 11.0 Å². The minimum atomic E-state index is 0.415. The Bertz CT molecular complexity index is 716. The second kappa shape index (κ2) is 4.69. The molecule has 1 aromatic heterocycles. The van der Waals surface area contributed by atoms with Crippen LogP contribution in [0.3, 0.4) is 0 Å². The van der Waals surface area contributed by atoms with Crippen molar-refractivity contribution in [2.45, 2.75) is 13.5 Å². The summed E-state index contributed by atoms with van der Waals surface area (Å²) in [6.45, 7) is 2.45. The molecule has 2 N–H and O–H groups in total. The molecule has 0 spiro atoms. The number of hydrogen-bond donors (Lipinski definition) is 1. The zero-order valence-corrected chi connectivity index (χ0v) is 10.7. The lowest BCUT2D eigenvalue weighted by atomic mass is 10.2. The molecule has 0 aliphatic heterocycles. The van der Waals surface area contributed by atoms with E-state index >= 15 is 0 Å². The van der Waals surface area contributed by atoms with Crippen LogP contribution in [0, 0.1) is 6.92 Å². The molecule has 2 aromatic carbocycles. The molecular weight excluding hydrogens is 238 g/mol. The summed E-state index contributed by atoms with van der Waals surface area (Å²) in [5.41, 5.74) is 8.48. The average Bonchev–Trinajstić information content (AvgIpc) is 2.78. The second-order valence-corrected chi connectivity index (χ2v) is 4.62. The van der Waals surface area contributed by atoms with E-state index in [0.717, 1.165) is 28.2 Å². The largest absolute Gasteiger partial charge is 0.486 e. The topological polar surface area (TPSA) is 48.4 Å². The van der Waals surface area contributed by atoms with Crippen molar-refractivity contribution in [2.75, 3.05) is 5.73 Å². The Morgan fingerprint density at radius 3 is 2.84 bits per heavy atom. The van der Waals surface area contributed by atoms with Gasteiger partial charge >= 0.3 is 0 Å². The van der Waals surface area contributed by atoms with Crippen molar-refractivity contribution >= 4 is 16.7 Å². The minimum Gasteiger partial charge on any atom is -0.486 e. The van der Waals surface area contributed by atoms with Crippen LogP contribution in [0.4, 0.5) is 5.69 Å². The summed E-state index contributed by atoms with van der Waals surface area (Å²) >= 11 is 0. The van der Waals surface area contributed by atoms with Crippen LogP contribution in [0.15, 0.2) is 52.9 Å². The van der Waals surface area contributed by atoms with Gasteiger partial charge in [0.1, 0.15) is 23.7 Å². The molecule has 3 nitrogen and oxygen atoms in total. The van der Waals surface area contributed by atoms with Gasteiger partial charge < -0.3 is 14.9 Å². The first-order valence-corrected chi connectivity index (χ1v) is 6.18. The van der Waals surface area contributed by atoms with Crippen molar-refractivity contribution in [3.8, 4) is 5.75 Å². The lowest BCUT2D eigenvalue weighted by molar-refractivity contribution is 0.274. The maximum Gasteiger partial charge on any atom is 0.146 e. The van der Waals surface area contributed by atoms with E-state index in [1.807, 2.05) is 55.5 Å². The van der Waals surface area contributed by atoms with Crippen LogP contribution < -0.4 is 10.5 Å². The highest BCUT2D eigenvalue weighted by Crippen LogP contribution is 2.23. The Balaban J connectivity index is 1.78. The SMILES string of the molecule is Cc1cccc(OCc2cc3cc(N)ccc3o2)c1. The van der Waals surface area contributed by atoms with Gasteiger partial charge in [-0.2, -0.15) is 0 Å². The summed E-state index contributed by atoms with van der Waals surface area (Å²) in [5.74, 6) is 1.64. The molecule has 3 heteroatoms. The first-order chi connectivity index (χ1) is 9.20. The standard InChI is InChI=1S/C16H15NO2/c1-11-3-2-4-14(7-11)18-10-15-9-12-8-13(17)5-6-16(12)19-15/h2-9H,10,17H2,1H3. The predicted molar refractivity (Wildman–Crippen MR) is 76.1 cm³/mol. The molecule has 3 rings (SSSR count). The van der Waals surface area contributed by atoms with Gasteiger partial charge in [0.15, 0.2) is 0 Å². The summed E-state index contributed by atoms with van der Waals surface area (Å²) in [6, 6.07) is 15.5.